The van der Waals surface area contributed by atoms with Gasteiger partial charge in [0.25, 0.3) is 0 Å². The third-order valence-corrected chi connectivity index (χ3v) is 6.88. The fourth-order valence-electron chi connectivity index (χ4n) is 6.69. The van der Waals surface area contributed by atoms with Gasteiger partial charge >= 0.3 is 0 Å². The second-order valence-corrected chi connectivity index (χ2v) is 7.07. The van der Waals surface area contributed by atoms with Crippen LogP contribution in [0.15, 0.2) is 12.2 Å². The van der Waals surface area contributed by atoms with Crippen molar-refractivity contribution in [2.24, 2.45) is 34.0 Å². The van der Waals surface area contributed by atoms with Gasteiger partial charge in [-0.3, -0.25) is 0 Å². The molecule has 6 unspecified atom stereocenters. The lowest BCUT2D eigenvalue weighted by Gasteiger charge is -2.36. The monoisotopic (exact) mass is 202 g/mol. The topological polar surface area (TPSA) is 9.23 Å². The van der Waals surface area contributed by atoms with E-state index in [0.29, 0.717) is 22.3 Å². The van der Waals surface area contributed by atoms with E-state index >= 15 is 0 Å². The lowest BCUT2D eigenvalue weighted by molar-refractivity contribution is 0.0736. The molecule has 1 heteroatoms. The second-order valence-electron chi connectivity index (χ2n) is 7.07. The third-order valence-electron chi connectivity index (χ3n) is 6.88. The highest BCUT2D eigenvalue weighted by molar-refractivity contribution is 5.47. The number of hydrogen-bond donors (Lipinski definition) is 0. The summed E-state index contributed by atoms with van der Waals surface area (Å²) in [5, 5.41) is 0. The molecular formula is C14H18O. The minimum Gasteiger partial charge on any atom is -0.377 e. The van der Waals surface area contributed by atoms with Crippen molar-refractivity contribution in [3.8, 4) is 0 Å². The van der Waals surface area contributed by atoms with Gasteiger partial charge in [-0.05, 0) is 41.4 Å². The van der Waals surface area contributed by atoms with Crippen molar-refractivity contribution in [1.29, 1.82) is 0 Å². The standard InChI is InChI=1S/C14H18O/c1-12(2)9-7-15-10-4-6-13-8(11(12)13)3-5-14(9,10)13/h3,5,8-11H,4,6-7H2,1-2H3. The van der Waals surface area contributed by atoms with Gasteiger partial charge in [0.1, 0.15) is 0 Å². The van der Waals surface area contributed by atoms with E-state index in [2.05, 4.69) is 26.0 Å². The van der Waals surface area contributed by atoms with Gasteiger partial charge in [0.05, 0.1) is 12.7 Å². The first kappa shape index (κ1) is 7.89. The number of rotatable bonds is 0. The molecule has 3 saturated carbocycles. The molecule has 15 heavy (non-hydrogen) atoms. The minimum absolute atomic E-state index is 0.492. The Morgan fingerprint density at radius 1 is 1.33 bits per heavy atom. The number of ether oxygens (including phenoxy) is 1. The normalized spacial score (nSPS) is 69.7. The molecule has 0 aromatic rings. The summed E-state index contributed by atoms with van der Waals surface area (Å²) in [5.41, 5.74) is 1.71. The first-order valence-corrected chi connectivity index (χ1v) is 6.47. The second kappa shape index (κ2) is 1.73. The Morgan fingerprint density at radius 2 is 2.20 bits per heavy atom. The summed E-state index contributed by atoms with van der Waals surface area (Å²) in [5.74, 6) is 2.74. The molecule has 6 atom stereocenters. The van der Waals surface area contributed by atoms with E-state index in [4.69, 9.17) is 4.74 Å². The van der Waals surface area contributed by atoms with Crippen LogP contribution in [-0.4, -0.2) is 12.7 Å². The van der Waals surface area contributed by atoms with Crippen LogP contribution in [0.4, 0.5) is 0 Å². The fourth-order valence-corrected chi connectivity index (χ4v) is 6.69. The molecule has 1 nitrogen and oxygen atoms in total. The van der Waals surface area contributed by atoms with Gasteiger partial charge in [0.15, 0.2) is 0 Å². The van der Waals surface area contributed by atoms with Crippen LogP contribution < -0.4 is 0 Å². The molecular weight excluding hydrogens is 184 g/mol. The van der Waals surface area contributed by atoms with Crippen LogP contribution in [0, 0.1) is 34.0 Å². The summed E-state index contributed by atoms with van der Waals surface area (Å²) in [6.45, 7) is 6.04. The molecule has 0 radical (unpaired) electrons. The Kier molecular flexibility index (Phi) is 0.912. The predicted molar refractivity (Wildman–Crippen MR) is 57.2 cm³/mol. The van der Waals surface area contributed by atoms with E-state index in [-0.39, 0.29) is 0 Å². The van der Waals surface area contributed by atoms with Crippen LogP contribution in [0.1, 0.15) is 26.7 Å². The van der Waals surface area contributed by atoms with Crippen LogP contribution in [-0.2, 0) is 4.74 Å². The molecule has 4 aliphatic carbocycles. The van der Waals surface area contributed by atoms with Crippen molar-refractivity contribution in [2.45, 2.75) is 32.8 Å². The van der Waals surface area contributed by atoms with Crippen molar-refractivity contribution in [3.05, 3.63) is 12.2 Å². The Labute approximate surface area is 90.9 Å². The van der Waals surface area contributed by atoms with Crippen LogP contribution in [0.3, 0.4) is 0 Å². The summed E-state index contributed by atoms with van der Waals surface area (Å²) >= 11 is 0. The zero-order valence-corrected chi connectivity index (χ0v) is 9.49. The molecule has 0 aromatic heterocycles. The van der Waals surface area contributed by atoms with Gasteiger partial charge in [0.2, 0.25) is 0 Å². The van der Waals surface area contributed by atoms with E-state index in [0.717, 1.165) is 24.4 Å². The molecule has 2 spiro atoms. The third kappa shape index (κ3) is 0.462. The van der Waals surface area contributed by atoms with Crippen LogP contribution in [0.5, 0.6) is 0 Å². The lowest BCUT2D eigenvalue weighted by atomic mass is 9.66. The smallest absolute Gasteiger partial charge is 0.0675 e. The summed E-state index contributed by atoms with van der Waals surface area (Å²) in [6.07, 6.45) is 8.49. The average Bonchev–Trinajstić information content (AvgIpc) is 2.45. The maximum Gasteiger partial charge on any atom is 0.0675 e. The maximum absolute atomic E-state index is 6.11. The molecule has 1 heterocycles. The summed E-state index contributed by atoms with van der Waals surface area (Å²) < 4.78 is 6.11. The van der Waals surface area contributed by atoms with Crippen molar-refractivity contribution in [3.63, 3.8) is 0 Å². The molecule has 5 rings (SSSR count). The van der Waals surface area contributed by atoms with Gasteiger partial charge in [-0.2, -0.15) is 0 Å². The highest BCUT2D eigenvalue weighted by Crippen LogP contribution is 2.92. The molecule has 4 fully saturated rings. The van der Waals surface area contributed by atoms with Gasteiger partial charge in [0, 0.05) is 5.41 Å². The molecule has 5 aliphatic rings. The predicted octanol–water partition coefficient (Wildman–Crippen LogP) is 2.62. The van der Waals surface area contributed by atoms with Crippen molar-refractivity contribution < 1.29 is 4.74 Å². The highest BCUT2D eigenvalue weighted by atomic mass is 16.5. The molecule has 80 valence electrons. The van der Waals surface area contributed by atoms with E-state index in [1.165, 1.54) is 12.8 Å². The van der Waals surface area contributed by atoms with E-state index in [9.17, 15) is 0 Å². The van der Waals surface area contributed by atoms with Gasteiger partial charge in [-0.15, -0.1) is 0 Å². The molecule has 0 amide bonds. The number of fused-ring (bicyclic) bond motifs is 1. The van der Waals surface area contributed by atoms with E-state index < -0.39 is 0 Å². The fraction of sp³-hybridized carbons (Fsp3) is 0.857. The first-order chi connectivity index (χ1) is 7.16. The first-order valence-electron chi connectivity index (χ1n) is 6.47. The quantitative estimate of drug-likeness (QED) is 0.549. The van der Waals surface area contributed by atoms with Crippen LogP contribution in [0.25, 0.3) is 0 Å². The molecule has 1 aliphatic heterocycles. The summed E-state index contributed by atoms with van der Waals surface area (Å²) in [4.78, 5) is 0. The summed E-state index contributed by atoms with van der Waals surface area (Å²) in [6, 6.07) is 0. The van der Waals surface area contributed by atoms with Crippen molar-refractivity contribution >= 4 is 0 Å². The maximum atomic E-state index is 6.11. The number of hydrogen-bond acceptors (Lipinski definition) is 1. The average molecular weight is 202 g/mol. The molecule has 0 aromatic carbocycles. The Balaban J connectivity index is 1.86. The number of allylic oxidation sites excluding steroid dienone is 1. The van der Waals surface area contributed by atoms with Crippen LogP contribution in [0.2, 0.25) is 0 Å². The Bertz CT molecular complexity index is 410. The van der Waals surface area contributed by atoms with E-state index in [1.54, 1.807) is 0 Å². The largest absolute Gasteiger partial charge is 0.377 e. The van der Waals surface area contributed by atoms with Crippen molar-refractivity contribution in [1.82, 2.24) is 0 Å². The minimum atomic E-state index is 0.492. The lowest BCUT2D eigenvalue weighted by Crippen LogP contribution is -2.37. The van der Waals surface area contributed by atoms with Gasteiger partial charge < -0.3 is 4.74 Å². The van der Waals surface area contributed by atoms with Crippen molar-refractivity contribution in [2.75, 3.05) is 6.61 Å². The molecule has 0 N–H and O–H groups in total. The SMILES string of the molecule is CC1(C)C2COC3CCC45C(C=CC324)C15. The van der Waals surface area contributed by atoms with Gasteiger partial charge in [-0.1, -0.05) is 26.0 Å². The zero-order chi connectivity index (χ0) is 10.1. The summed E-state index contributed by atoms with van der Waals surface area (Å²) in [7, 11) is 0. The van der Waals surface area contributed by atoms with E-state index in [1.807, 2.05) is 0 Å². The molecule has 0 bridgehead atoms. The molecule has 1 saturated heterocycles. The van der Waals surface area contributed by atoms with Gasteiger partial charge in [-0.25, -0.2) is 0 Å². The Morgan fingerprint density at radius 3 is 3.07 bits per heavy atom. The highest BCUT2D eigenvalue weighted by Gasteiger charge is 2.90. The Hall–Kier alpha value is -0.300. The van der Waals surface area contributed by atoms with Crippen LogP contribution >= 0.6 is 0 Å². The zero-order valence-electron chi connectivity index (χ0n) is 9.49.